The van der Waals surface area contributed by atoms with E-state index in [1.54, 1.807) is 6.33 Å². The summed E-state index contributed by atoms with van der Waals surface area (Å²) in [6, 6.07) is 10.7. The number of aromatic nitrogens is 3. The summed E-state index contributed by atoms with van der Waals surface area (Å²) in [6.45, 7) is 9.46. The zero-order chi connectivity index (χ0) is 15.1. The Labute approximate surface area is 127 Å². The van der Waals surface area contributed by atoms with E-state index < -0.39 is 0 Å². The summed E-state index contributed by atoms with van der Waals surface area (Å²) in [4.78, 5) is 4.42. The Morgan fingerprint density at radius 1 is 1.14 bits per heavy atom. The van der Waals surface area contributed by atoms with E-state index in [0.717, 1.165) is 31.9 Å². The van der Waals surface area contributed by atoms with Gasteiger partial charge in [-0.15, -0.1) is 0 Å². The maximum atomic E-state index is 4.42. The molecule has 0 aliphatic carbocycles. The van der Waals surface area contributed by atoms with Crippen molar-refractivity contribution in [3.63, 3.8) is 0 Å². The van der Waals surface area contributed by atoms with Gasteiger partial charge >= 0.3 is 0 Å². The monoisotopic (exact) mass is 286 g/mol. The van der Waals surface area contributed by atoms with Gasteiger partial charge in [0.15, 0.2) is 0 Å². The van der Waals surface area contributed by atoms with Gasteiger partial charge < -0.3 is 5.32 Å². The molecule has 1 aromatic heterocycles. The highest BCUT2D eigenvalue weighted by atomic mass is 15.3. The Morgan fingerprint density at radius 2 is 1.90 bits per heavy atom. The molecule has 0 amide bonds. The van der Waals surface area contributed by atoms with Gasteiger partial charge in [-0.1, -0.05) is 44.2 Å². The molecule has 0 aliphatic rings. The fourth-order valence-electron chi connectivity index (χ4n) is 2.51. The fourth-order valence-corrected chi connectivity index (χ4v) is 2.51. The highest BCUT2D eigenvalue weighted by molar-refractivity contribution is 5.21. The molecule has 1 aromatic carbocycles. The van der Waals surface area contributed by atoms with Crippen LogP contribution in [0.1, 0.15) is 38.1 Å². The van der Waals surface area contributed by atoms with E-state index >= 15 is 0 Å². The Bertz CT molecular complexity index is 519. The summed E-state index contributed by atoms with van der Waals surface area (Å²) in [5.74, 6) is 2.16. The molecule has 114 valence electrons. The number of nitrogens with zero attached hydrogens (tertiary/aromatic N) is 3. The lowest BCUT2D eigenvalue weighted by Crippen LogP contribution is -2.27. The van der Waals surface area contributed by atoms with Crippen molar-refractivity contribution in [3.8, 4) is 0 Å². The first-order valence-electron chi connectivity index (χ1n) is 7.83. The molecule has 1 unspecified atom stereocenters. The Morgan fingerprint density at radius 3 is 2.57 bits per heavy atom. The van der Waals surface area contributed by atoms with Crippen molar-refractivity contribution in [2.75, 3.05) is 13.1 Å². The van der Waals surface area contributed by atoms with Crippen molar-refractivity contribution in [2.45, 2.75) is 39.7 Å². The number of rotatable bonds is 8. The molecule has 0 spiro atoms. The third-order valence-electron chi connectivity index (χ3n) is 3.64. The molecule has 2 aromatic rings. The van der Waals surface area contributed by atoms with Gasteiger partial charge in [-0.25, -0.2) is 4.98 Å². The largest absolute Gasteiger partial charge is 0.316 e. The average Bonchev–Trinajstić information content (AvgIpc) is 2.94. The fraction of sp³-hybridized carbons (Fsp3) is 0.529. The van der Waals surface area contributed by atoms with E-state index in [2.05, 4.69) is 66.5 Å². The predicted molar refractivity (Wildman–Crippen MR) is 86.3 cm³/mol. The predicted octanol–water partition coefficient (Wildman–Crippen LogP) is 2.87. The van der Waals surface area contributed by atoms with E-state index in [1.807, 2.05) is 4.68 Å². The number of hydrogen-bond acceptors (Lipinski definition) is 3. The van der Waals surface area contributed by atoms with Crippen LogP contribution >= 0.6 is 0 Å². The number of aryl methyl sites for hydroxylation is 1. The third-order valence-corrected chi connectivity index (χ3v) is 3.64. The van der Waals surface area contributed by atoms with Crippen LogP contribution in [0.25, 0.3) is 0 Å². The topological polar surface area (TPSA) is 42.7 Å². The minimum Gasteiger partial charge on any atom is -0.316 e. The Hall–Kier alpha value is -1.68. The Balaban J connectivity index is 2.08. The molecular weight excluding hydrogens is 260 g/mol. The second-order valence-electron chi connectivity index (χ2n) is 5.86. The molecule has 4 nitrogen and oxygen atoms in total. The first-order chi connectivity index (χ1) is 10.2. The van der Waals surface area contributed by atoms with Gasteiger partial charge in [0.2, 0.25) is 0 Å². The molecule has 0 saturated heterocycles. The van der Waals surface area contributed by atoms with Crippen molar-refractivity contribution >= 4 is 0 Å². The maximum absolute atomic E-state index is 4.42. The number of nitrogens with one attached hydrogen (secondary N) is 1. The lowest BCUT2D eigenvalue weighted by atomic mass is 9.95. The van der Waals surface area contributed by atoms with Gasteiger partial charge in [0.25, 0.3) is 0 Å². The minimum atomic E-state index is 0.430. The van der Waals surface area contributed by atoms with Crippen molar-refractivity contribution < 1.29 is 0 Å². The van der Waals surface area contributed by atoms with Crippen LogP contribution in [-0.2, 0) is 13.0 Å². The lowest BCUT2D eigenvalue weighted by Gasteiger charge is -2.19. The van der Waals surface area contributed by atoms with Gasteiger partial charge in [-0.3, -0.25) is 4.68 Å². The molecule has 21 heavy (non-hydrogen) atoms. The first kappa shape index (κ1) is 15.7. The highest BCUT2D eigenvalue weighted by Crippen LogP contribution is 2.19. The van der Waals surface area contributed by atoms with Gasteiger partial charge in [0, 0.05) is 25.4 Å². The molecule has 0 aliphatic heterocycles. The standard InChI is InChI=1S/C17H26N4/c1-4-21-17(19-13-20-21)10-16(12-18-11-14(2)3)15-8-6-5-7-9-15/h5-9,13-14,16,18H,4,10-12H2,1-3H3. The van der Waals surface area contributed by atoms with Gasteiger partial charge in [0.1, 0.15) is 12.2 Å². The zero-order valence-corrected chi connectivity index (χ0v) is 13.3. The maximum Gasteiger partial charge on any atom is 0.138 e. The first-order valence-corrected chi connectivity index (χ1v) is 7.83. The summed E-state index contributed by atoms with van der Waals surface area (Å²) in [7, 11) is 0. The summed E-state index contributed by atoms with van der Waals surface area (Å²) in [5, 5.41) is 7.85. The van der Waals surface area contributed by atoms with E-state index in [-0.39, 0.29) is 0 Å². The van der Waals surface area contributed by atoms with Crippen LogP contribution in [0, 0.1) is 5.92 Å². The van der Waals surface area contributed by atoms with Crippen molar-refractivity contribution in [2.24, 2.45) is 5.92 Å². The molecule has 1 heterocycles. The highest BCUT2D eigenvalue weighted by Gasteiger charge is 2.15. The van der Waals surface area contributed by atoms with E-state index in [4.69, 9.17) is 0 Å². The van der Waals surface area contributed by atoms with E-state index in [1.165, 1.54) is 5.56 Å². The molecule has 1 atom stereocenters. The molecule has 0 bridgehead atoms. The quantitative estimate of drug-likeness (QED) is 0.811. The van der Waals surface area contributed by atoms with Crippen LogP contribution in [0.4, 0.5) is 0 Å². The molecular formula is C17H26N4. The van der Waals surface area contributed by atoms with Crippen LogP contribution in [0.2, 0.25) is 0 Å². The molecule has 0 fully saturated rings. The van der Waals surface area contributed by atoms with Crippen LogP contribution in [-0.4, -0.2) is 27.9 Å². The summed E-state index contributed by atoms with van der Waals surface area (Å²) < 4.78 is 1.98. The van der Waals surface area contributed by atoms with Gasteiger partial charge in [0.05, 0.1) is 0 Å². The Kier molecular flexibility index (Phi) is 5.93. The summed E-state index contributed by atoms with van der Waals surface area (Å²) >= 11 is 0. The van der Waals surface area contributed by atoms with Gasteiger partial charge in [-0.05, 0) is 24.9 Å². The molecule has 0 radical (unpaired) electrons. The molecule has 1 N–H and O–H groups in total. The van der Waals surface area contributed by atoms with E-state index in [0.29, 0.717) is 11.8 Å². The van der Waals surface area contributed by atoms with Crippen molar-refractivity contribution in [1.82, 2.24) is 20.1 Å². The second kappa shape index (κ2) is 7.93. The SMILES string of the molecule is CCn1ncnc1CC(CNCC(C)C)c1ccccc1. The number of benzene rings is 1. The normalized spacial score (nSPS) is 12.8. The third kappa shape index (κ3) is 4.67. The average molecular weight is 286 g/mol. The molecule has 0 saturated carbocycles. The minimum absolute atomic E-state index is 0.430. The number of hydrogen-bond donors (Lipinski definition) is 1. The summed E-state index contributed by atoms with van der Waals surface area (Å²) in [6.07, 6.45) is 2.57. The zero-order valence-electron chi connectivity index (χ0n) is 13.3. The van der Waals surface area contributed by atoms with E-state index in [9.17, 15) is 0 Å². The van der Waals surface area contributed by atoms with Crippen LogP contribution in [0.15, 0.2) is 36.7 Å². The van der Waals surface area contributed by atoms with Gasteiger partial charge in [-0.2, -0.15) is 5.10 Å². The van der Waals surface area contributed by atoms with Crippen LogP contribution in [0.5, 0.6) is 0 Å². The summed E-state index contributed by atoms with van der Waals surface area (Å²) in [5.41, 5.74) is 1.36. The van der Waals surface area contributed by atoms with Crippen LogP contribution in [0.3, 0.4) is 0 Å². The molecule has 4 heteroatoms. The smallest absolute Gasteiger partial charge is 0.138 e. The second-order valence-corrected chi connectivity index (χ2v) is 5.86. The lowest BCUT2D eigenvalue weighted by molar-refractivity contribution is 0.499. The van der Waals surface area contributed by atoms with Crippen molar-refractivity contribution in [1.29, 1.82) is 0 Å². The molecule has 2 rings (SSSR count). The van der Waals surface area contributed by atoms with Crippen LogP contribution < -0.4 is 5.32 Å². The van der Waals surface area contributed by atoms with Crippen molar-refractivity contribution in [3.05, 3.63) is 48.0 Å².